The molecule has 0 saturated carbocycles. The Kier molecular flexibility index (Phi) is 4.28. The fourth-order valence-electron chi connectivity index (χ4n) is 4.09. The summed E-state index contributed by atoms with van der Waals surface area (Å²) in [5.74, 6) is -0.115. The summed E-state index contributed by atoms with van der Waals surface area (Å²) in [4.78, 5) is 32.0. The zero-order chi connectivity index (χ0) is 20.8. The van der Waals surface area contributed by atoms with E-state index in [4.69, 9.17) is 0 Å². The Balaban J connectivity index is 1.43. The molecule has 0 radical (unpaired) electrons. The maximum Gasteiger partial charge on any atom is 0.275 e. The summed E-state index contributed by atoms with van der Waals surface area (Å²) in [5, 5.41) is 2.36. The van der Waals surface area contributed by atoms with Crippen molar-refractivity contribution in [2.75, 3.05) is 6.54 Å². The molecule has 1 aliphatic heterocycles. The van der Waals surface area contributed by atoms with Crippen molar-refractivity contribution in [2.45, 2.75) is 26.9 Å². The van der Waals surface area contributed by atoms with Gasteiger partial charge in [-0.1, -0.05) is 35.9 Å². The number of benzene rings is 2. The van der Waals surface area contributed by atoms with Crippen LogP contribution in [0.25, 0.3) is 16.5 Å². The van der Waals surface area contributed by atoms with E-state index < -0.39 is 0 Å². The van der Waals surface area contributed by atoms with Crippen LogP contribution >= 0.6 is 0 Å². The molecule has 150 valence electrons. The molecule has 4 aromatic rings. The van der Waals surface area contributed by atoms with Gasteiger partial charge in [-0.3, -0.25) is 9.59 Å². The SMILES string of the molecule is Cc1ccc2cc(CN3CCn4c(ccc(-n5cnc(C)c5)c4=O)C3=O)ccc2c1. The Labute approximate surface area is 174 Å². The summed E-state index contributed by atoms with van der Waals surface area (Å²) in [6, 6.07) is 16.1. The van der Waals surface area contributed by atoms with Crippen molar-refractivity contribution < 1.29 is 4.79 Å². The summed E-state index contributed by atoms with van der Waals surface area (Å²) < 4.78 is 3.28. The number of amides is 1. The van der Waals surface area contributed by atoms with Crippen molar-refractivity contribution in [3.05, 3.63) is 93.9 Å². The minimum Gasteiger partial charge on any atom is -0.331 e. The molecule has 2 aromatic heterocycles. The lowest BCUT2D eigenvalue weighted by atomic mass is 10.0. The number of carbonyl (C=O) groups excluding carboxylic acids is 1. The fraction of sp³-hybridized carbons (Fsp3) is 0.208. The number of nitrogens with zero attached hydrogens (tertiary/aromatic N) is 4. The number of imidazole rings is 1. The molecular formula is C24H22N4O2. The van der Waals surface area contributed by atoms with Crippen LogP contribution in [0.15, 0.2) is 65.8 Å². The molecule has 1 amide bonds. The average Bonchev–Trinajstić information content (AvgIpc) is 3.16. The van der Waals surface area contributed by atoms with E-state index in [9.17, 15) is 9.59 Å². The quantitative estimate of drug-likeness (QED) is 0.531. The van der Waals surface area contributed by atoms with Gasteiger partial charge in [0.15, 0.2) is 0 Å². The largest absolute Gasteiger partial charge is 0.331 e. The third-order valence-corrected chi connectivity index (χ3v) is 5.68. The molecule has 0 bridgehead atoms. The van der Waals surface area contributed by atoms with E-state index in [0.29, 0.717) is 31.0 Å². The van der Waals surface area contributed by atoms with Gasteiger partial charge in [0, 0.05) is 25.8 Å². The molecule has 5 rings (SSSR count). The van der Waals surface area contributed by atoms with Gasteiger partial charge in [0.05, 0.1) is 12.0 Å². The van der Waals surface area contributed by atoms with Crippen LogP contribution in [0.3, 0.4) is 0 Å². The van der Waals surface area contributed by atoms with E-state index in [1.54, 1.807) is 27.6 Å². The molecule has 30 heavy (non-hydrogen) atoms. The predicted octanol–water partition coefficient (Wildman–Crippen LogP) is 3.46. The number of aryl methyl sites for hydroxylation is 2. The van der Waals surface area contributed by atoms with E-state index in [0.717, 1.165) is 11.3 Å². The molecule has 0 unspecified atom stereocenters. The van der Waals surface area contributed by atoms with Crippen LogP contribution in [-0.4, -0.2) is 31.5 Å². The first-order valence-corrected chi connectivity index (χ1v) is 10.0. The topological polar surface area (TPSA) is 60.1 Å². The molecule has 1 aliphatic rings. The van der Waals surface area contributed by atoms with Crippen molar-refractivity contribution >= 4 is 16.7 Å². The Morgan fingerprint density at radius 3 is 2.53 bits per heavy atom. The third-order valence-electron chi connectivity index (χ3n) is 5.68. The van der Waals surface area contributed by atoms with Gasteiger partial charge in [-0.2, -0.15) is 0 Å². The van der Waals surface area contributed by atoms with Gasteiger partial charge in [-0.25, -0.2) is 4.98 Å². The molecular weight excluding hydrogens is 376 g/mol. The van der Waals surface area contributed by atoms with Crippen molar-refractivity contribution in [3.63, 3.8) is 0 Å². The minimum absolute atomic E-state index is 0.115. The highest BCUT2D eigenvalue weighted by Crippen LogP contribution is 2.21. The molecule has 0 saturated heterocycles. The molecule has 3 heterocycles. The Morgan fingerprint density at radius 1 is 0.933 bits per heavy atom. The predicted molar refractivity (Wildman–Crippen MR) is 116 cm³/mol. The zero-order valence-corrected chi connectivity index (χ0v) is 17.0. The van der Waals surface area contributed by atoms with Gasteiger partial charge in [-0.05, 0) is 48.4 Å². The van der Waals surface area contributed by atoms with E-state index in [-0.39, 0.29) is 11.5 Å². The van der Waals surface area contributed by atoms with Crippen LogP contribution in [-0.2, 0) is 13.1 Å². The highest BCUT2D eigenvalue weighted by molar-refractivity contribution is 5.93. The molecule has 6 nitrogen and oxygen atoms in total. The Hall–Kier alpha value is -3.67. The standard InChI is InChI=1S/C24H22N4O2/c1-16-3-5-20-12-18(4-6-19(20)11-16)14-26-9-10-28-22(23(26)29)8-7-21(24(28)30)27-13-17(2)25-15-27/h3-8,11-13,15H,9-10,14H2,1-2H3. The second-order valence-corrected chi connectivity index (χ2v) is 7.89. The number of hydrogen-bond acceptors (Lipinski definition) is 3. The summed E-state index contributed by atoms with van der Waals surface area (Å²) in [5.41, 5.74) is 3.92. The van der Waals surface area contributed by atoms with Crippen LogP contribution < -0.4 is 5.56 Å². The highest BCUT2D eigenvalue weighted by atomic mass is 16.2. The smallest absolute Gasteiger partial charge is 0.275 e. The van der Waals surface area contributed by atoms with Gasteiger partial charge < -0.3 is 14.0 Å². The van der Waals surface area contributed by atoms with Crippen LogP contribution in [0.2, 0.25) is 0 Å². The molecule has 0 atom stereocenters. The van der Waals surface area contributed by atoms with Crippen molar-refractivity contribution in [3.8, 4) is 5.69 Å². The van der Waals surface area contributed by atoms with E-state index in [2.05, 4.69) is 48.3 Å². The number of fused-ring (bicyclic) bond motifs is 2. The number of carbonyl (C=O) groups is 1. The number of aromatic nitrogens is 3. The zero-order valence-electron chi connectivity index (χ0n) is 17.0. The van der Waals surface area contributed by atoms with Gasteiger partial charge in [0.1, 0.15) is 11.4 Å². The number of hydrogen-bond donors (Lipinski definition) is 0. The fourth-order valence-corrected chi connectivity index (χ4v) is 4.09. The summed E-state index contributed by atoms with van der Waals surface area (Å²) in [6.07, 6.45) is 3.43. The summed E-state index contributed by atoms with van der Waals surface area (Å²) >= 11 is 0. The summed E-state index contributed by atoms with van der Waals surface area (Å²) in [6.45, 7) is 5.47. The molecule has 0 N–H and O–H groups in total. The maximum absolute atomic E-state index is 13.1. The minimum atomic E-state index is -0.168. The maximum atomic E-state index is 13.1. The number of pyridine rings is 1. The highest BCUT2D eigenvalue weighted by Gasteiger charge is 2.26. The first-order valence-electron chi connectivity index (χ1n) is 10.0. The molecule has 0 aliphatic carbocycles. The molecule has 6 heteroatoms. The van der Waals surface area contributed by atoms with E-state index in [1.807, 2.05) is 18.0 Å². The van der Waals surface area contributed by atoms with Gasteiger partial charge >= 0.3 is 0 Å². The van der Waals surface area contributed by atoms with Gasteiger partial charge in [-0.15, -0.1) is 0 Å². The normalized spacial score (nSPS) is 13.7. The van der Waals surface area contributed by atoms with Crippen molar-refractivity contribution in [1.29, 1.82) is 0 Å². The third kappa shape index (κ3) is 3.10. The molecule has 0 spiro atoms. The average molecular weight is 398 g/mol. The Morgan fingerprint density at radius 2 is 1.73 bits per heavy atom. The van der Waals surface area contributed by atoms with Crippen LogP contribution in [0, 0.1) is 13.8 Å². The summed E-state index contributed by atoms with van der Waals surface area (Å²) in [7, 11) is 0. The van der Waals surface area contributed by atoms with Crippen LogP contribution in [0.4, 0.5) is 0 Å². The van der Waals surface area contributed by atoms with Crippen molar-refractivity contribution in [2.24, 2.45) is 0 Å². The lowest BCUT2D eigenvalue weighted by molar-refractivity contribution is 0.0686. The second-order valence-electron chi connectivity index (χ2n) is 7.89. The Bertz CT molecular complexity index is 1350. The number of rotatable bonds is 3. The first-order chi connectivity index (χ1) is 14.5. The van der Waals surface area contributed by atoms with Crippen molar-refractivity contribution in [1.82, 2.24) is 19.0 Å². The first kappa shape index (κ1) is 18.4. The molecule has 0 fully saturated rings. The lowest BCUT2D eigenvalue weighted by Crippen LogP contribution is -2.44. The van der Waals surface area contributed by atoms with Gasteiger partial charge in [0.25, 0.3) is 11.5 Å². The van der Waals surface area contributed by atoms with E-state index >= 15 is 0 Å². The monoisotopic (exact) mass is 398 g/mol. The van der Waals surface area contributed by atoms with Gasteiger partial charge in [0.2, 0.25) is 0 Å². The van der Waals surface area contributed by atoms with E-state index in [1.165, 1.54) is 16.3 Å². The lowest BCUT2D eigenvalue weighted by Gasteiger charge is -2.30. The van der Waals surface area contributed by atoms with Crippen LogP contribution in [0.5, 0.6) is 0 Å². The second kappa shape index (κ2) is 6.99. The molecule has 2 aromatic carbocycles. The van der Waals surface area contributed by atoms with Crippen LogP contribution in [0.1, 0.15) is 27.3 Å².